The molecular formula is C82H73N. The van der Waals surface area contributed by atoms with Crippen molar-refractivity contribution in [2.75, 3.05) is 4.90 Å². The Labute approximate surface area is 492 Å². The van der Waals surface area contributed by atoms with Gasteiger partial charge in [-0.15, -0.1) is 0 Å². The molecule has 8 aliphatic carbocycles. The van der Waals surface area contributed by atoms with Crippen LogP contribution in [0.4, 0.5) is 17.1 Å². The third-order valence-electron chi connectivity index (χ3n) is 22.2. The van der Waals surface area contributed by atoms with E-state index in [4.69, 9.17) is 0 Å². The number of anilines is 3. The lowest BCUT2D eigenvalue weighted by Crippen LogP contribution is -2.55. The molecule has 8 aliphatic rings. The molecule has 4 saturated carbocycles. The minimum absolute atomic E-state index is 0.0285. The van der Waals surface area contributed by atoms with E-state index in [1.165, 1.54) is 160 Å². The first-order valence-corrected chi connectivity index (χ1v) is 31.2. The molecule has 0 aliphatic heterocycles. The van der Waals surface area contributed by atoms with Crippen LogP contribution in [-0.4, -0.2) is 0 Å². The average molecular weight is 1070 g/mol. The Balaban J connectivity index is 0.897. The lowest BCUT2D eigenvalue weighted by atomic mass is 9.43. The molecule has 18 rings (SSSR count). The SMILES string of the molecule is CC(C)(C)c1ccc2c(c1)C1(c3cc(C(C)(C)C)ccc3-2)c2ccccc2-c2c(N(c3ccc(-c4ccccc4-c4cccc5c4C(C)(C)c4ccccc4-5)cc3)c3ccc4c(c3)C3(c5ccccc5-4)C4CC5CC(C4)CC3C5)cccc21. The van der Waals surface area contributed by atoms with E-state index in [1.807, 2.05) is 0 Å². The third kappa shape index (κ3) is 6.60. The second-order valence-electron chi connectivity index (χ2n) is 28.8. The normalized spacial score (nSPS) is 21.7. The van der Waals surface area contributed by atoms with Gasteiger partial charge in [-0.2, -0.15) is 0 Å². The van der Waals surface area contributed by atoms with E-state index in [0.29, 0.717) is 11.8 Å². The van der Waals surface area contributed by atoms with Crippen LogP contribution in [-0.2, 0) is 27.1 Å². The Hall–Kier alpha value is -8.00. The maximum Gasteiger partial charge on any atom is 0.0726 e. The highest BCUT2D eigenvalue weighted by atomic mass is 15.1. The molecule has 406 valence electrons. The van der Waals surface area contributed by atoms with Crippen LogP contribution in [0.3, 0.4) is 0 Å². The first-order valence-electron chi connectivity index (χ1n) is 31.2. The van der Waals surface area contributed by atoms with Crippen LogP contribution in [0, 0.1) is 23.7 Å². The van der Waals surface area contributed by atoms with Crippen molar-refractivity contribution < 1.29 is 0 Å². The molecule has 10 aromatic rings. The Morgan fingerprint density at radius 1 is 0.349 bits per heavy atom. The molecule has 1 heteroatoms. The summed E-state index contributed by atoms with van der Waals surface area (Å²) in [5.74, 6) is 3.08. The summed E-state index contributed by atoms with van der Waals surface area (Å²) in [4.78, 5) is 2.68. The molecule has 0 amide bonds. The zero-order valence-electron chi connectivity index (χ0n) is 49.5. The number of rotatable bonds is 5. The number of hydrogen-bond donors (Lipinski definition) is 0. The van der Waals surface area contributed by atoms with Crippen LogP contribution in [0.15, 0.2) is 212 Å². The topological polar surface area (TPSA) is 3.24 Å². The van der Waals surface area contributed by atoms with Crippen molar-refractivity contribution in [2.45, 2.75) is 115 Å². The zero-order valence-corrected chi connectivity index (χ0v) is 49.5. The lowest BCUT2D eigenvalue weighted by Gasteiger charge is -2.61. The summed E-state index contributed by atoms with van der Waals surface area (Å²) >= 11 is 0. The second kappa shape index (κ2) is 17.1. The maximum atomic E-state index is 2.71. The summed E-state index contributed by atoms with van der Waals surface area (Å²) in [5, 5.41) is 0. The van der Waals surface area contributed by atoms with Crippen LogP contribution in [0.5, 0.6) is 0 Å². The molecule has 4 bridgehead atoms. The van der Waals surface area contributed by atoms with Crippen LogP contribution in [0.25, 0.3) is 66.8 Å². The van der Waals surface area contributed by atoms with Crippen LogP contribution in [0.2, 0.25) is 0 Å². The number of hydrogen-bond acceptors (Lipinski definition) is 1. The van der Waals surface area contributed by atoms with E-state index in [-0.39, 0.29) is 21.7 Å². The lowest BCUT2D eigenvalue weighted by molar-refractivity contribution is -0.0399. The molecule has 0 unspecified atom stereocenters. The fourth-order valence-corrected chi connectivity index (χ4v) is 18.9. The van der Waals surface area contributed by atoms with Crippen molar-refractivity contribution >= 4 is 17.1 Å². The Morgan fingerprint density at radius 2 is 0.807 bits per heavy atom. The number of nitrogens with zero attached hydrogens (tertiary/aromatic N) is 1. The first kappa shape index (κ1) is 49.6. The summed E-state index contributed by atoms with van der Waals surface area (Å²) in [7, 11) is 0. The predicted molar refractivity (Wildman–Crippen MR) is 347 cm³/mol. The quantitative estimate of drug-likeness (QED) is 0.166. The van der Waals surface area contributed by atoms with Gasteiger partial charge in [-0.25, -0.2) is 0 Å². The van der Waals surface area contributed by atoms with E-state index in [2.05, 4.69) is 273 Å². The summed E-state index contributed by atoms with van der Waals surface area (Å²) in [6.45, 7) is 19.0. The maximum absolute atomic E-state index is 2.71. The highest BCUT2D eigenvalue weighted by molar-refractivity contribution is 6.02. The van der Waals surface area contributed by atoms with E-state index >= 15 is 0 Å². The van der Waals surface area contributed by atoms with Gasteiger partial charge in [-0.1, -0.05) is 237 Å². The van der Waals surface area contributed by atoms with Gasteiger partial charge in [0.25, 0.3) is 0 Å². The van der Waals surface area contributed by atoms with E-state index < -0.39 is 5.41 Å². The highest BCUT2D eigenvalue weighted by Gasteiger charge is 2.62. The molecule has 2 spiro atoms. The van der Waals surface area contributed by atoms with Gasteiger partial charge >= 0.3 is 0 Å². The molecule has 4 fully saturated rings. The molecule has 0 heterocycles. The highest BCUT2D eigenvalue weighted by Crippen LogP contribution is 2.71. The fourth-order valence-electron chi connectivity index (χ4n) is 18.9. The molecule has 83 heavy (non-hydrogen) atoms. The largest absolute Gasteiger partial charge is 0.310 e. The van der Waals surface area contributed by atoms with Gasteiger partial charge < -0.3 is 4.90 Å². The van der Waals surface area contributed by atoms with Crippen molar-refractivity contribution in [2.24, 2.45) is 23.7 Å². The zero-order chi connectivity index (χ0) is 56.1. The molecule has 0 N–H and O–H groups in total. The van der Waals surface area contributed by atoms with Crippen molar-refractivity contribution in [1.29, 1.82) is 0 Å². The average Bonchev–Trinajstić information content (AvgIpc) is 1.89. The summed E-state index contributed by atoms with van der Waals surface area (Å²) in [5.41, 5.74) is 33.3. The summed E-state index contributed by atoms with van der Waals surface area (Å²) in [6, 6.07) is 83.8. The second-order valence-corrected chi connectivity index (χ2v) is 28.8. The minimum atomic E-state index is -0.522. The van der Waals surface area contributed by atoms with Gasteiger partial charge in [0, 0.05) is 27.8 Å². The van der Waals surface area contributed by atoms with E-state index in [1.54, 1.807) is 11.1 Å². The van der Waals surface area contributed by atoms with E-state index in [9.17, 15) is 0 Å². The molecular weight excluding hydrogens is 999 g/mol. The molecule has 0 radical (unpaired) electrons. The number of benzene rings is 10. The molecule has 0 saturated heterocycles. The Bertz CT molecular complexity index is 4300. The summed E-state index contributed by atoms with van der Waals surface area (Å²) in [6.07, 6.45) is 6.87. The van der Waals surface area contributed by atoms with Gasteiger partial charge in [-0.05, 0) is 214 Å². The van der Waals surface area contributed by atoms with Crippen LogP contribution in [0.1, 0.15) is 143 Å². The number of fused-ring (bicyclic) bond motifs is 16. The van der Waals surface area contributed by atoms with Crippen LogP contribution < -0.4 is 4.90 Å². The standard InChI is InChI=1S/C82H73N/c1-78(2,3)52-33-38-62-63-39-34-53(79(4,5)6)47-73(63)82(72(62)46-52)70-28-16-13-23-67(70)76-71(82)29-18-30-75(76)83(57-37-40-64-60-21-12-15-27-69(60)81(74(64)48-57)54-42-49-41-50(44-54)45-55(81)43-49)56-35-31-51(32-36-56)58-19-9-10-20-59(58)65-24-17-25-66-61-22-11-14-26-68(61)80(7,8)77(65)66/h9-40,46-50,54-55H,41-45H2,1-8H3. The van der Waals surface area contributed by atoms with Crippen LogP contribution >= 0.6 is 0 Å². The third-order valence-corrected chi connectivity index (χ3v) is 22.2. The first-order chi connectivity index (χ1) is 40.1. The van der Waals surface area contributed by atoms with E-state index in [0.717, 1.165) is 11.8 Å². The van der Waals surface area contributed by atoms with Crippen molar-refractivity contribution in [3.8, 4) is 66.8 Å². The summed E-state index contributed by atoms with van der Waals surface area (Å²) < 4.78 is 0. The molecule has 10 aromatic carbocycles. The Kier molecular flexibility index (Phi) is 10.2. The van der Waals surface area contributed by atoms with Crippen molar-refractivity contribution in [3.05, 3.63) is 268 Å². The Morgan fingerprint density at radius 3 is 1.43 bits per heavy atom. The van der Waals surface area contributed by atoms with Gasteiger partial charge in [0.1, 0.15) is 0 Å². The van der Waals surface area contributed by atoms with Crippen molar-refractivity contribution in [1.82, 2.24) is 0 Å². The molecule has 0 atom stereocenters. The molecule has 0 aromatic heterocycles. The molecule has 1 nitrogen and oxygen atoms in total. The van der Waals surface area contributed by atoms with Gasteiger partial charge in [-0.3, -0.25) is 0 Å². The predicted octanol–water partition coefficient (Wildman–Crippen LogP) is 21.5. The van der Waals surface area contributed by atoms with Crippen molar-refractivity contribution in [3.63, 3.8) is 0 Å². The van der Waals surface area contributed by atoms with Gasteiger partial charge in [0.15, 0.2) is 0 Å². The fraction of sp³-hybridized carbons (Fsp3) is 0.268. The monoisotopic (exact) mass is 1070 g/mol. The van der Waals surface area contributed by atoms with Gasteiger partial charge in [0.2, 0.25) is 0 Å². The smallest absolute Gasteiger partial charge is 0.0726 e. The minimum Gasteiger partial charge on any atom is -0.310 e. The van der Waals surface area contributed by atoms with Gasteiger partial charge in [0.05, 0.1) is 11.1 Å².